The number of benzene rings is 1. The molecule has 2 aromatic heterocycles. The van der Waals surface area contributed by atoms with Crippen LogP contribution in [0.25, 0.3) is 21.8 Å². The lowest BCUT2D eigenvalue weighted by Gasteiger charge is -2.25. The minimum Gasteiger partial charge on any atom is -0.306 e. The Morgan fingerprint density at radius 1 is 1.04 bits per heavy atom. The lowest BCUT2D eigenvalue weighted by Crippen LogP contribution is -2.25. The van der Waals surface area contributed by atoms with Gasteiger partial charge in [0, 0.05) is 29.9 Å². The number of aryl methyl sites for hydroxylation is 1. The molecule has 0 N–H and O–H groups in total. The van der Waals surface area contributed by atoms with Crippen molar-refractivity contribution >= 4 is 21.8 Å². The Labute approximate surface area is 156 Å². The number of alkyl halides is 3. The molecule has 1 aromatic carbocycles. The monoisotopic (exact) mass is 376 g/mol. The van der Waals surface area contributed by atoms with Crippen LogP contribution in [0.5, 0.6) is 0 Å². The first-order valence-corrected chi connectivity index (χ1v) is 9.35. The van der Waals surface area contributed by atoms with Crippen molar-refractivity contribution in [2.24, 2.45) is 7.05 Å². The molecule has 0 amide bonds. The van der Waals surface area contributed by atoms with E-state index in [1.807, 2.05) is 0 Å². The second-order valence-corrected chi connectivity index (χ2v) is 7.58. The van der Waals surface area contributed by atoms with Gasteiger partial charge in [-0.3, -0.25) is 9.67 Å². The van der Waals surface area contributed by atoms with E-state index in [2.05, 4.69) is 17.0 Å². The molecule has 7 heteroatoms. The van der Waals surface area contributed by atoms with Crippen molar-refractivity contribution in [1.29, 1.82) is 0 Å². The van der Waals surface area contributed by atoms with E-state index >= 15 is 0 Å². The molecule has 3 aromatic rings. The van der Waals surface area contributed by atoms with Crippen LogP contribution in [-0.2, 0) is 13.2 Å². The van der Waals surface area contributed by atoms with Crippen molar-refractivity contribution in [3.63, 3.8) is 0 Å². The van der Waals surface area contributed by atoms with Crippen LogP contribution in [0.4, 0.5) is 13.2 Å². The molecule has 4 nitrogen and oxygen atoms in total. The molecule has 1 atom stereocenters. The number of pyridine rings is 1. The Bertz CT molecular complexity index is 977. The summed E-state index contributed by atoms with van der Waals surface area (Å²) in [5, 5.41) is 5.83. The molecular formula is C20H23F3N4. The third-order valence-electron chi connectivity index (χ3n) is 5.51. The third-order valence-corrected chi connectivity index (χ3v) is 5.51. The molecule has 1 unspecified atom stereocenters. The summed E-state index contributed by atoms with van der Waals surface area (Å²) >= 11 is 0. The first-order chi connectivity index (χ1) is 12.8. The van der Waals surface area contributed by atoms with Crippen LogP contribution in [0.3, 0.4) is 0 Å². The zero-order valence-corrected chi connectivity index (χ0v) is 15.6. The Hall–Kier alpha value is -2.15. The number of hydrogen-bond acceptors (Lipinski definition) is 3. The molecule has 1 aliphatic heterocycles. The third kappa shape index (κ3) is 3.52. The van der Waals surface area contributed by atoms with E-state index in [4.69, 9.17) is 4.98 Å². The Balaban J connectivity index is 1.88. The highest BCUT2D eigenvalue weighted by molar-refractivity contribution is 6.05. The highest BCUT2D eigenvalue weighted by atomic mass is 19.4. The van der Waals surface area contributed by atoms with Gasteiger partial charge in [0.05, 0.1) is 16.8 Å². The van der Waals surface area contributed by atoms with E-state index in [9.17, 15) is 13.2 Å². The Kier molecular flexibility index (Phi) is 4.58. The van der Waals surface area contributed by atoms with Crippen molar-refractivity contribution in [3.8, 4) is 0 Å². The molecule has 1 saturated heterocycles. The normalized spacial score (nSPS) is 20.1. The molecule has 1 aliphatic rings. The average Bonchev–Trinajstić information content (AvgIpc) is 2.99. The first-order valence-electron chi connectivity index (χ1n) is 9.35. The van der Waals surface area contributed by atoms with Crippen LogP contribution in [0, 0.1) is 0 Å². The van der Waals surface area contributed by atoms with Crippen LogP contribution in [0.2, 0.25) is 0 Å². The lowest BCUT2D eigenvalue weighted by molar-refractivity contribution is -0.137. The van der Waals surface area contributed by atoms with Gasteiger partial charge in [-0.25, -0.2) is 0 Å². The average molecular weight is 376 g/mol. The van der Waals surface area contributed by atoms with Crippen LogP contribution in [0.1, 0.15) is 42.9 Å². The maximum absolute atomic E-state index is 13.2. The summed E-state index contributed by atoms with van der Waals surface area (Å²) in [6, 6.07) is 3.80. The summed E-state index contributed by atoms with van der Waals surface area (Å²) in [7, 11) is 3.93. The number of fused-ring (bicyclic) bond motifs is 3. The van der Waals surface area contributed by atoms with Crippen LogP contribution < -0.4 is 0 Å². The number of halogens is 3. The molecule has 27 heavy (non-hydrogen) atoms. The Morgan fingerprint density at radius 2 is 1.85 bits per heavy atom. The topological polar surface area (TPSA) is 34.0 Å². The van der Waals surface area contributed by atoms with E-state index in [1.54, 1.807) is 17.9 Å². The van der Waals surface area contributed by atoms with Gasteiger partial charge >= 0.3 is 6.18 Å². The van der Waals surface area contributed by atoms with Gasteiger partial charge in [0.1, 0.15) is 5.52 Å². The minimum atomic E-state index is -4.37. The van der Waals surface area contributed by atoms with Crippen LogP contribution >= 0.6 is 0 Å². The van der Waals surface area contributed by atoms with Gasteiger partial charge in [-0.15, -0.1) is 0 Å². The zero-order valence-electron chi connectivity index (χ0n) is 15.6. The van der Waals surface area contributed by atoms with Gasteiger partial charge in [0.25, 0.3) is 0 Å². The summed E-state index contributed by atoms with van der Waals surface area (Å²) in [4.78, 5) is 7.13. The molecule has 4 rings (SSSR count). The van der Waals surface area contributed by atoms with E-state index < -0.39 is 11.7 Å². The van der Waals surface area contributed by atoms with Crippen molar-refractivity contribution in [1.82, 2.24) is 19.7 Å². The van der Waals surface area contributed by atoms with E-state index in [0.717, 1.165) is 61.4 Å². The predicted molar refractivity (Wildman–Crippen MR) is 99.7 cm³/mol. The first kappa shape index (κ1) is 18.2. The number of nitrogens with zero attached hydrogens (tertiary/aromatic N) is 4. The molecule has 0 spiro atoms. The van der Waals surface area contributed by atoms with E-state index in [-0.39, 0.29) is 5.92 Å². The van der Waals surface area contributed by atoms with Crippen LogP contribution in [-0.4, -0.2) is 39.8 Å². The van der Waals surface area contributed by atoms with Gasteiger partial charge in [-0.2, -0.15) is 18.3 Å². The molecule has 1 fully saturated rings. The fraction of sp³-hybridized carbons (Fsp3) is 0.500. The SMILES string of the molecule is CN1CCCCC(c2nc3ccc(C(F)(F)F)cc3c3cn(C)nc23)CC1. The van der Waals surface area contributed by atoms with Gasteiger partial charge in [-0.1, -0.05) is 6.42 Å². The minimum absolute atomic E-state index is 0.275. The summed E-state index contributed by atoms with van der Waals surface area (Å²) in [5.74, 6) is 0.275. The quantitative estimate of drug-likeness (QED) is 0.616. The molecule has 0 saturated carbocycles. The Morgan fingerprint density at radius 3 is 2.63 bits per heavy atom. The maximum Gasteiger partial charge on any atom is 0.416 e. The molecule has 0 aliphatic carbocycles. The number of likely N-dealkylation sites (tertiary alicyclic amines) is 1. The summed E-state index contributed by atoms with van der Waals surface area (Å²) < 4.78 is 41.2. The van der Waals surface area contributed by atoms with Gasteiger partial charge < -0.3 is 4.90 Å². The fourth-order valence-electron chi connectivity index (χ4n) is 4.05. The standard InChI is InChI=1S/C20H23F3N4/c1-26-9-4-3-5-13(8-10-26)18-19-16(12-27(2)25-19)15-11-14(20(21,22)23)6-7-17(15)24-18/h6-7,11-13H,3-5,8-10H2,1-2H3. The number of hydrogen-bond donors (Lipinski definition) is 0. The predicted octanol–water partition coefficient (Wildman–Crippen LogP) is 4.73. The molecule has 0 radical (unpaired) electrons. The summed E-state index contributed by atoms with van der Waals surface area (Å²) in [5.41, 5.74) is 1.61. The molecular weight excluding hydrogens is 353 g/mol. The number of aromatic nitrogens is 3. The van der Waals surface area contributed by atoms with E-state index in [1.165, 1.54) is 12.1 Å². The fourth-order valence-corrected chi connectivity index (χ4v) is 4.05. The molecule has 144 valence electrons. The van der Waals surface area contributed by atoms with Crippen molar-refractivity contribution < 1.29 is 13.2 Å². The highest BCUT2D eigenvalue weighted by Gasteiger charge is 2.31. The largest absolute Gasteiger partial charge is 0.416 e. The van der Waals surface area contributed by atoms with Crippen molar-refractivity contribution in [2.45, 2.75) is 37.8 Å². The molecule has 3 heterocycles. The summed E-state index contributed by atoms with van der Waals surface area (Å²) in [6.45, 7) is 2.10. The lowest BCUT2D eigenvalue weighted by atomic mass is 9.91. The molecule has 0 bridgehead atoms. The second-order valence-electron chi connectivity index (χ2n) is 7.58. The number of rotatable bonds is 1. The zero-order chi connectivity index (χ0) is 19.2. The van der Waals surface area contributed by atoms with Crippen molar-refractivity contribution in [2.75, 3.05) is 20.1 Å². The smallest absolute Gasteiger partial charge is 0.306 e. The van der Waals surface area contributed by atoms with Crippen molar-refractivity contribution in [3.05, 3.63) is 35.7 Å². The maximum atomic E-state index is 13.2. The van der Waals surface area contributed by atoms with Crippen LogP contribution in [0.15, 0.2) is 24.4 Å². The highest BCUT2D eigenvalue weighted by Crippen LogP contribution is 2.37. The summed E-state index contributed by atoms with van der Waals surface area (Å²) in [6.07, 6.45) is 1.74. The van der Waals surface area contributed by atoms with Gasteiger partial charge in [0.15, 0.2) is 0 Å². The van der Waals surface area contributed by atoms with Gasteiger partial charge in [0.2, 0.25) is 0 Å². The van der Waals surface area contributed by atoms with Gasteiger partial charge in [-0.05, 0) is 57.6 Å². The second kappa shape index (κ2) is 6.78. The van der Waals surface area contributed by atoms with E-state index in [0.29, 0.717) is 10.9 Å².